The molecule has 0 aromatic heterocycles. The topological polar surface area (TPSA) is 140 Å². The molecule has 10 nitrogen and oxygen atoms in total. The number of carbonyl (C=O) groups is 2. The molecular weight excluding hydrogens is 436 g/mol. The SMILES string of the molecule is COc1ccc(C2C(N)=NS(=O)(=O)N2CC(=O)Nc2ccc(C(=O)OC(C)C)cc2)cc1. The van der Waals surface area contributed by atoms with Crippen molar-refractivity contribution in [3.8, 4) is 5.75 Å². The maximum atomic E-state index is 12.6. The molecule has 0 spiro atoms. The number of nitrogens with two attached hydrogens (primary N) is 1. The summed E-state index contributed by atoms with van der Waals surface area (Å²) >= 11 is 0. The molecule has 1 unspecified atom stereocenters. The second kappa shape index (κ2) is 9.37. The van der Waals surface area contributed by atoms with Crippen molar-refractivity contribution >= 4 is 33.6 Å². The summed E-state index contributed by atoms with van der Waals surface area (Å²) in [6.45, 7) is 2.99. The van der Waals surface area contributed by atoms with E-state index in [0.29, 0.717) is 22.6 Å². The van der Waals surface area contributed by atoms with Crippen molar-refractivity contribution in [2.45, 2.75) is 26.0 Å². The Morgan fingerprint density at radius 3 is 2.31 bits per heavy atom. The molecule has 1 amide bonds. The van der Waals surface area contributed by atoms with Crippen LogP contribution in [0.25, 0.3) is 0 Å². The quantitative estimate of drug-likeness (QED) is 0.601. The van der Waals surface area contributed by atoms with E-state index < -0.39 is 34.7 Å². The number of nitrogens with one attached hydrogen (secondary N) is 1. The number of amides is 1. The minimum atomic E-state index is -4.12. The first-order chi connectivity index (χ1) is 15.1. The fraction of sp³-hybridized carbons (Fsp3) is 0.286. The first-order valence-electron chi connectivity index (χ1n) is 9.72. The maximum Gasteiger partial charge on any atom is 0.338 e. The third-order valence-corrected chi connectivity index (χ3v) is 5.94. The van der Waals surface area contributed by atoms with Crippen molar-refractivity contribution in [1.82, 2.24) is 4.31 Å². The lowest BCUT2D eigenvalue weighted by molar-refractivity contribution is -0.116. The normalized spacial score (nSPS) is 17.6. The molecule has 11 heteroatoms. The van der Waals surface area contributed by atoms with E-state index in [2.05, 4.69) is 9.71 Å². The number of anilines is 1. The number of hydrogen-bond acceptors (Lipinski definition) is 7. The average molecular weight is 461 g/mol. The van der Waals surface area contributed by atoms with Crippen molar-refractivity contribution in [2.24, 2.45) is 10.1 Å². The molecule has 0 saturated carbocycles. The summed E-state index contributed by atoms with van der Waals surface area (Å²) in [5.41, 5.74) is 7.15. The predicted molar refractivity (Wildman–Crippen MR) is 119 cm³/mol. The van der Waals surface area contributed by atoms with E-state index in [0.717, 1.165) is 4.31 Å². The van der Waals surface area contributed by atoms with Crippen molar-refractivity contribution in [2.75, 3.05) is 19.0 Å². The molecule has 0 saturated heterocycles. The number of esters is 1. The summed E-state index contributed by atoms with van der Waals surface area (Å²) in [7, 11) is -2.61. The van der Waals surface area contributed by atoms with Crippen LogP contribution in [-0.4, -0.2) is 50.2 Å². The van der Waals surface area contributed by atoms with Crippen molar-refractivity contribution in [1.29, 1.82) is 0 Å². The molecule has 0 fully saturated rings. The number of methoxy groups -OCH3 is 1. The van der Waals surface area contributed by atoms with Crippen LogP contribution in [0.4, 0.5) is 5.69 Å². The van der Waals surface area contributed by atoms with Gasteiger partial charge in [-0.15, -0.1) is 4.40 Å². The van der Waals surface area contributed by atoms with E-state index in [-0.39, 0.29) is 11.9 Å². The smallest absolute Gasteiger partial charge is 0.338 e. The lowest BCUT2D eigenvalue weighted by Crippen LogP contribution is -2.39. The molecule has 3 N–H and O–H groups in total. The van der Waals surface area contributed by atoms with Gasteiger partial charge >= 0.3 is 16.2 Å². The summed E-state index contributed by atoms with van der Waals surface area (Å²) in [5, 5.41) is 2.61. The van der Waals surface area contributed by atoms with E-state index in [1.807, 2.05) is 0 Å². The number of ether oxygens (including phenoxy) is 2. The van der Waals surface area contributed by atoms with Crippen LogP contribution >= 0.6 is 0 Å². The van der Waals surface area contributed by atoms with Crippen LogP contribution in [0.1, 0.15) is 35.8 Å². The molecule has 2 aromatic carbocycles. The lowest BCUT2D eigenvalue weighted by atomic mass is 10.1. The van der Waals surface area contributed by atoms with E-state index in [1.165, 1.54) is 31.4 Å². The van der Waals surface area contributed by atoms with Gasteiger partial charge in [0.05, 0.1) is 25.3 Å². The number of nitrogens with zero attached hydrogens (tertiary/aromatic N) is 2. The number of benzene rings is 2. The summed E-state index contributed by atoms with van der Waals surface area (Å²) < 4.78 is 39.7. The molecule has 2 aromatic rings. The minimum absolute atomic E-state index is 0.129. The fourth-order valence-electron chi connectivity index (χ4n) is 3.13. The number of rotatable bonds is 7. The van der Waals surface area contributed by atoms with E-state index >= 15 is 0 Å². The predicted octanol–water partition coefficient (Wildman–Crippen LogP) is 1.86. The Hall–Kier alpha value is -3.44. The van der Waals surface area contributed by atoms with Gasteiger partial charge < -0.3 is 20.5 Å². The summed E-state index contributed by atoms with van der Waals surface area (Å²) in [6, 6.07) is 11.8. The highest BCUT2D eigenvalue weighted by atomic mass is 32.2. The molecule has 3 rings (SSSR count). The van der Waals surface area contributed by atoms with Crippen molar-refractivity contribution < 1.29 is 27.5 Å². The van der Waals surface area contributed by atoms with Gasteiger partial charge in [-0.25, -0.2) is 4.79 Å². The first-order valence-corrected chi connectivity index (χ1v) is 11.1. The van der Waals surface area contributed by atoms with Gasteiger partial charge in [-0.2, -0.15) is 12.7 Å². The summed E-state index contributed by atoms with van der Waals surface area (Å²) in [4.78, 5) is 24.5. The monoisotopic (exact) mass is 460 g/mol. The Balaban J connectivity index is 1.72. The number of carbonyl (C=O) groups excluding carboxylic acids is 2. The Labute approximate surface area is 186 Å². The van der Waals surface area contributed by atoms with Gasteiger partial charge in [-0.1, -0.05) is 12.1 Å². The van der Waals surface area contributed by atoms with Crippen LogP contribution in [-0.2, 0) is 19.7 Å². The van der Waals surface area contributed by atoms with Crippen LogP contribution in [0.5, 0.6) is 5.75 Å². The van der Waals surface area contributed by atoms with E-state index in [1.54, 1.807) is 38.1 Å². The van der Waals surface area contributed by atoms with Crippen LogP contribution in [0, 0.1) is 0 Å². The molecule has 170 valence electrons. The van der Waals surface area contributed by atoms with Gasteiger partial charge in [-0.05, 0) is 55.8 Å². The second-order valence-electron chi connectivity index (χ2n) is 7.29. The van der Waals surface area contributed by atoms with E-state index in [9.17, 15) is 18.0 Å². The average Bonchev–Trinajstić information content (AvgIpc) is 2.95. The molecular formula is C21H24N4O6S. The zero-order chi connectivity index (χ0) is 23.5. The second-order valence-corrected chi connectivity index (χ2v) is 8.84. The largest absolute Gasteiger partial charge is 0.497 e. The van der Waals surface area contributed by atoms with E-state index in [4.69, 9.17) is 15.2 Å². The molecule has 0 bridgehead atoms. The molecule has 0 aliphatic carbocycles. The van der Waals surface area contributed by atoms with Gasteiger partial charge in [0.15, 0.2) is 0 Å². The zero-order valence-electron chi connectivity index (χ0n) is 17.8. The highest BCUT2D eigenvalue weighted by Gasteiger charge is 2.41. The third kappa shape index (κ3) is 5.24. The number of amidine groups is 1. The Bertz CT molecular complexity index is 1130. The standard InChI is InChI=1S/C21H24N4O6S/c1-13(2)31-21(27)15-4-8-16(9-5-15)23-18(26)12-25-19(20(22)24-32(25,28)29)14-6-10-17(30-3)11-7-14/h4-11,13,19H,12H2,1-3H3,(H2,22,24)(H,23,26). The highest BCUT2D eigenvalue weighted by Crippen LogP contribution is 2.31. The molecule has 1 aliphatic rings. The van der Waals surface area contributed by atoms with Crippen molar-refractivity contribution in [3.63, 3.8) is 0 Å². The molecule has 1 atom stereocenters. The maximum absolute atomic E-state index is 12.6. The first kappa shape index (κ1) is 23.2. The third-order valence-electron chi connectivity index (χ3n) is 4.56. The number of hydrogen-bond donors (Lipinski definition) is 2. The Morgan fingerprint density at radius 2 is 1.75 bits per heavy atom. The molecule has 1 heterocycles. The molecule has 32 heavy (non-hydrogen) atoms. The zero-order valence-corrected chi connectivity index (χ0v) is 18.6. The Morgan fingerprint density at radius 1 is 1.12 bits per heavy atom. The van der Waals surface area contributed by atoms with Crippen LogP contribution < -0.4 is 15.8 Å². The molecule has 1 aliphatic heterocycles. The lowest BCUT2D eigenvalue weighted by Gasteiger charge is -2.22. The summed E-state index contributed by atoms with van der Waals surface area (Å²) in [5.74, 6) is -0.600. The Kier molecular flexibility index (Phi) is 6.80. The van der Waals surface area contributed by atoms with Gasteiger partial charge in [0.25, 0.3) is 0 Å². The van der Waals surface area contributed by atoms with Gasteiger partial charge in [0.1, 0.15) is 17.6 Å². The van der Waals surface area contributed by atoms with Crippen molar-refractivity contribution in [3.05, 3.63) is 59.7 Å². The van der Waals surface area contributed by atoms with Crippen LogP contribution in [0.15, 0.2) is 52.9 Å². The van der Waals surface area contributed by atoms with Crippen LogP contribution in [0.3, 0.4) is 0 Å². The van der Waals surface area contributed by atoms with Gasteiger partial charge in [0, 0.05) is 5.69 Å². The molecule has 0 radical (unpaired) electrons. The highest BCUT2D eigenvalue weighted by molar-refractivity contribution is 7.88. The fourth-order valence-corrected chi connectivity index (χ4v) is 4.37. The van der Waals surface area contributed by atoms with Gasteiger partial charge in [-0.3, -0.25) is 4.79 Å². The minimum Gasteiger partial charge on any atom is -0.497 e. The van der Waals surface area contributed by atoms with Crippen LogP contribution in [0.2, 0.25) is 0 Å². The summed E-state index contributed by atoms with van der Waals surface area (Å²) in [6.07, 6.45) is -0.252. The van der Waals surface area contributed by atoms with Gasteiger partial charge in [0.2, 0.25) is 5.91 Å².